The quantitative estimate of drug-likeness (QED) is 0.924. The molecule has 20 heavy (non-hydrogen) atoms. The molecule has 0 bridgehead atoms. The zero-order valence-corrected chi connectivity index (χ0v) is 12.6. The fraction of sp³-hybridized carbons (Fsp3) is 0.286. The molecule has 106 valence electrons. The smallest absolute Gasteiger partial charge is 0.250 e. The fourth-order valence-corrected chi connectivity index (χ4v) is 4.75. The molecule has 0 spiro atoms. The third kappa shape index (κ3) is 2.34. The van der Waals surface area contributed by atoms with E-state index in [1.165, 1.54) is 11.3 Å². The lowest BCUT2D eigenvalue weighted by molar-refractivity contribution is 0.402. The van der Waals surface area contributed by atoms with Gasteiger partial charge < -0.3 is 4.74 Å². The zero-order chi connectivity index (χ0) is 14.2. The van der Waals surface area contributed by atoms with E-state index in [1.54, 1.807) is 24.6 Å². The summed E-state index contributed by atoms with van der Waals surface area (Å²) in [4.78, 5) is 0. The van der Waals surface area contributed by atoms with E-state index in [1.807, 2.05) is 24.3 Å². The van der Waals surface area contributed by atoms with Crippen molar-refractivity contribution in [2.45, 2.75) is 22.6 Å². The molecule has 2 aromatic rings. The lowest BCUT2D eigenvalue weighted by Crippen LogP contribution is -2.34. The van der Waals surface area contributed by atoms with Crippen LogP contribution in [0.3, 0.4) is 0 Å². The number of nitrogens with one attached hydrogen (secondary N) is 1. The molecule has 1 aromatic heterocycles. The molecule has 1 fully saturated rings. The summed E-state index contributed by atoms with van der Waals surface area (Å²) in [6.45, 7) is 0. The Bertz CT molecular complexity index is 704. The van der Waals surface area contributed by atoms with Crippen LogP contribution in [0.25, 0.3) is 0 Å². The van der Waals surface area contributed by atoms with Gasteiger partial charge in [-0.15, -0.1) is 11.3 Å². The highest BCUT2D eigenvalue weighted by Gasteiger charge is 2.49. The molecule has 4 nitrogen and oxygen atoms in total. The van der Waals surface area contributed by atoms with Crippen molar-refractivity contribution >= 4 is 21.4 Å². The minimum absolute atomic E-state index is 0.346. The van der Waals surface area contributed by atoms with E-state index in [0.717, 1.165) is 24.2 Å². The Morgan fingerprint density at radius 3 is 2.55 bits per heavy atom. The Hall–Kier alpha value is -1.37. The molecule has 0 radical (unpaired) electrons. The molecule has 0 amide bonds. The van der Waals surface area contributed by atoms with Gasteiger partial charge in [0.15, 0.2) is 0 Å². The Morgan fingerprint density at radius 2 is 1.95 bits per heavy atom. The first-order valence-corrected chi connectivity index (χ1v) is 8.65. The first kappa shape index (κ1) is 13.6. The minimum Gasteiger partial charge on any atom is -0.496 e. The topological polar surface area (TPSA) is 55.4 Å². The van der Waals surface area contributed by atoms with Gasteiger partial charge in [0.1, 0.15) is 9.96 Å². The van der Waals surface area contributed by atoms with Crippen LogP contribution in [0.4, 0.5) is 0 Å². The largest absolute Gasteiger partial charge is 0.496 e. The molecular weight excluding hydrogens is 294 g/mol. The molecular formula is C14H15NO3S2. The van der Waals surface area contributed by atoms with E-state index in [4.69, 9.17) is 4.74 Å². The van der Waals surface area contributed by atoms with E-state index in [-0.39, 0.29) is 0 Å². The Morgan fingerprint density at radius 1 is 1.20 bits per heavy atom. The minimum atomic E-state index is -3.47. The van der Waals surface area contributed by atoms with Gasteiger partial charge in [0.05, 0.1) is 12.6 Å². The van der Waals surface area contributed by atoms with Gasteiger partial charge in [-0.25, -0.2) is 8.42 Å². The van der Waals surface area contributed by atoms with Gasteiger partial charge in [-0.1, -0.05) is 24.3 Å². The summed E-state index contributed by atoms with van der Waals surface area (Å²) in [5.41, 5.74) is 0.387. The second kappa shape index (κ2) is 4.87. The zero-order valence-electron chi connectivity index (χ0n) is 11.0. The van der Waals surface area contributed by atoms with Crippen molar-refractivity contribution in [3.05, 3.63) is 47.3 Å². The Balaban J connectivity index is 1.94. The number of ether oxygens (including phenoxy) is 1. The SMILES string of the molecule is COc1ccccc1C1(NS(=O)(=O)c2cccs2)CC1. The lowest BCUT2D eigenvalue weighted by atomic mass is 10.1. The van der Waals surface area contributed by atoms with E-state index >= 15 is 0 Å². The van der Waals surface area contributed by atoms with E-state index in [9.17, 15) is 8.42 Å². The maximum Gasteiger partial charge on any atom is 0.250 e. The van der Waals surface area contributed by atoms with Crippen LogP contribution in [-0.2, 0) is 15.6 Å². The maximum atomic E-state index is 12.4. The van der Waals surface area contributed by atoms with Gasteiger partial charge in [0.25, 0.3) is 10.0 Å². The molecule has 1 heterocycles. The summed E-state index contributed by atoms with van der Waals surface area (Å²) in [6, 6.07) is 10.9. The van der Waals surface area contributed by atoms with Crippen LogP contribution in [0.15, 0.2) is 46.0 Å². The molecule has 0 atom stereocenters. The van der Waals surface area contributed by atoms with Crippen molar-refractivity contribution in [3.8, 4) is 5.75 Å². The summed E-state index contributed by atoms with van der Waals surface area (Å²) in [7, 11) is -1.87. The number of para-hydroxylation sites is 1. The van der Waals surface area contributed by atoms with Gasteiger partial charge >= 0.3 is 0 Å². The average Bonchev–Trinajstić information content (AvgIpc) is 3.00. The molecule has 6 heteroatoms. The lowest BCUT2D eigenvalue weighted by Gasteiger charge is -2.19. The summed E-state index contributed by atoms with van der Waals surface area (Å²) in [5, 5.41) is 1.76. The third-order valence-corrected chi connectivity index (χ3v) is 6.40. The van der Waals surface area contributed by atoms with Crippen LogP contribution in [-0.4, -0.2) is 15.5 Å². The molecule has 0 unspecified atom stereocenters. The van der Waals surface area contributed by atoms with Crippen LogP contribution in [0.2, 0.25) is 0 Å². The molecule has 1 N–H and O–H groups in total. The van der Waals surface area contributed by atoms with Crippen molar-refractivity contribution in [1.29, 1.82) is 0 Å². The highest BCUT2D eigenvalue weighted by molar-refractivity contribution is 7.91. The monoisotopic (exact) mass is 309 g/mol. The molecule has 1 aromatic carbocycles. The average molecular weight is 309 g/mol. The van der Waals surface area contributed by atoms with Gasteiger partial charge in [0.2, 0.25) is 0 Å². The third-order valence-electron chi connectivity index (χ3n) is 3.46. The van der Waals surface area contributed by atoms with Crippen molar-refractivity contribution in [2.75, 3.05) is 7.11 Å². The first-order valence-electron chi connectivity index (χ1n) is 6.28. The molecule has 1 saturated carbocycles. The molecule has 3 rings (SSSR count). The van der Waals surface area contributed by atoms with Crippen LogP contribution >= 0.6 is 11.3 Å². The van der Waals surface area contributed by atoms with Crippen molar-refractivity contribution in [2.24, 2.45) is 0 Å². The number of methoxy groups -OCH3 is 1. The highest BCUT2D eigenvalue weighted by Crippen LogP contribution is 2.49. The molecule has 1 aliphatic rings. The first-order chi connectivity index (χ1) is 9.57. The number of thiophene rings is 1. The van der Waals surface area contributed by atoms with Crippen LogP contribution < -0.4 is 9.46 Å². The van der Waals surface area contributed by atoms with Gasteiger partial charge in [0, 0.05) is 5.56 Å². The highest BCUT2D eigenvalue weighted by atomic mass is 32.2. The second-order valence-corrected chi connectivity index (χ2v) is 7.68. The van der Waals surface area contributed by atoms with Gasteiger partial charge in [-0.2, -0.15) is 4.72 Å². The fourth-order valence-electron chi connectivity index (χ4n) is 2.32. The van der Waals surface area contributed by atoms with Crippen LogP contribution in [0, 0.1) is 0 Å². The van der Waals surface area contributed by atoms with E-state index in [2.05, 4.69) is 4.72 Å². The maximum absolute atomic E-state index is 12.4. The second-order valence-electron chi connectivity index (χ2n) is 4.82. The van der Waals surface area contributed by atoms with Crippen molar-refractivity contribution in [3.63, 3.8) is 0 Å². The number of rotatable bonds is 5. The number of hydrogen-bond donors (Lipinski definition) is 1. The molecule has 0 aliphatic heterocycles. The summed E-state index contributed by atoms with van der Waals surface area (Å²) in [5.74, 6) is 0.721. The predicted molar refractivity (Wildman–Crippen MR) is 78.5 cm³/mol. The Labute approximate surface area is 122 Å². The van der Waals surface area contributed by atoms with Crippen molar-refractivity contribution in [1.82, 2.24) is 4.72 Å². The number of benzene rings is 1. The molecule has 0 saturated heterocycles. The van der Waals surface area contributed by atoms with Crippen LogP contribution in [0.5, 0.6) is 5.75 Å². The number of hydrogen-bond acceptors (Lipinski definition) is 4. The summed E-state index contributed by atoms with van der Waals surface area (Å²) >= 11 is 1.22. The normalized spacial score (nSPS) is 16.9. The summed E-state index contributed by atoms with van der Waals surface area (Å²) in [6.07, 6.45) is 1.58. The summed E-state index contributed by atoms with van der Waals surface area (Å²) < 4.78 is 33.3. The van der Waals surface area contributed by atoms with Crippen LogP contribution in [0.1, 0.15) is 18.4 Å². The van der Waals surface area contributed by atoms with Gasteiger partial charge in [-0.05, 0) is 30.4 Å². The number of sulfonamides is 1. The Kier molecular flexibility index (Phi) is 3.32. The predicted octanol–water partition coefficient (Wildman–Crippen LogP) is 2.72. The van der Waals surface area contributed by atoms with Gasteiger partial charge in [-0.3, -0.25) is 0 Å². The van der Waals surface area contributed by atoms with Crippen molar-refractivity contribution < 1.29 is 13.2 Å². The van der Waals surface area contributed by atoms with E-state index < -0.39 is 15.6 Å². The van der Waals surface area contributed by atoms with E-state index in [0.29, 0.717) is 4.21 Å². The standard InChI is InChI=1S/C14H15NO3S2/c1-18-12-6-3-2-5-11(12)14(8-9-14)15-20(16,17)13-7-4-10-19-13/h2-7,10,15H,8-9H2,1H3. The molecule has 1 aliphatic carbocycles.